The van der Waals surface area contributed by atoms with E-state index in [0.29, 0.717) is 18.8 Å². The van der Waals surface area contributed by atoms with E-state index in [1.165, 1.54) is 28.6 Å². The summed E-state index contributed by atoms with van der Waals surface area (Å²) in [6.45, 7) is 5.39. The molecule has 8 nitrogen and oxygen atoms in total. The van der Waals surface area contributed by atoms with Crippen molar-refractivity contribution in [3.8, 4) is 5.75 Å². The van der Waals surface area contributed by atoms with Gasteiger partial charge in [-0.05, 0) is 55.0 Å². The summed E-state index contributed by atoms with van der Waals surface area (Å²) in [7, 11) is 1.67. The number of rotatable bonds is 5. The quantitative estimate of drug-likeness (QED) is 0.378. The SMILES string of the molecule is COc1ccc(N2CCN(C(=O)CSc3nnc4c5c6c(sc5ncn34)CC(C)CC6)CC2)cc1. The molecule has 0 radical (unpaired) electrons. The zero-order valence-electron chi connectivity index (χ0n) is 19.9. The number of ether oxygens (including phenoxy) is 1. The standard InChI is InChI=1S/C25H28N6O2S2/c1-16-3-8-19-20(13-16)35-24-22(19)23-27-28-25(31(23)15-26-24)34-14-21(32)30-11-9-29(10-12-30)17-4-6-18(33-2)7-5-17/h4-7,15-16H,3,8-14H2,1-2H3. The Hall–Kier alpha value is -2.85. The van der Waals surface area contributed by atoms with E-state index in [-0.39, 0.29) is 5.91 Å². The van der Waals surface area contributed by atoms with Gasteiger partial charge in [0.25, 0.3) is 0 Å². The third kappa shape index (κ3) is 4.23. The van der Waals surface area contributed by atoms with E-state index in [4.69, 9.17) is 9.72 Å². The van der Waals surface area contributed by atoms with Gasteiger partial charge in [0.1, 0.15) is 16.9 Å². The number of nitrogens with zero attached hydrogens (tertiary/aromatic N) is 6. The lowest BCUT2D eigenvalue weighted by Crippen LogP contribution is -2.49. The van der Waals surface area contributed by atoms with Crippen LogP contribution in [0.4, 0.5) is 5.69 Å². The lowest BCUT2D eigenvalue weighted by Gasteiger charge is -2.36. The van der Waals surface area contributed by atoms with Gasteiger partial charge in [-0.25, -0.2) is 4.98 Å². The molecule has 10 heteroatoms. The Bertz CT molecular complexity index is 1370. The number of hydrogen-bond donors (Lipinski definition) is 0. The van der Waals surface area contributed by atoms with Crippen LogP contribution in [0.25, 0.3) is 15.9 Å². The second kappa shape index (κ2) is 9.31. The molecule has 3 aromatic heterocycles. The average molecular weight is 509 g/mol. The molecule has 1 aliphatic heterocycles. The predicted molar refractivity (Wildman–Crippen MR) is 140 cm³/mol. The van der Waals surface area contributed by atoms with Gasteiger partial charge in [-0.2, -0.15) is 0 Å². The molecule has 6 rings (SSSR count). The topological polar surface area (TPSA) is 75.9 Å². The fourth-order valence-corrected chi connectivity index (χ4v) is 7.19. The van der Waals surface area contributed by atoms with Crippen LogP contribution in [0.3, 0.4) is 0 Å². The second-order valence-electron chi connectivity index (χ2n) is 9.31. The molecular formula is C25H28N6O2S2. The molecule has 0 N–H and O–H groups in total. The van der Waals surface area contributed by atoms with Gasteiger partial charge in [0.15, 0.2) is 10.8 Å². The molecule has 1 unspecified atom stereocenters. The summed E-state index contributed by atoms with van der Waals surface area (Å²) in [5.74, 6) is 2.06. The van der Waals surface area contributed by atoms with E-state index in [0.717, 1.165) is 64.3 Å². The van der Waals surface area contributed by atoms with E-state index in [1.54, 1.807) is 18.4 Å². The molecule has 4 heterocycles. The minimum absolute atomic E-state index is 0.136. The van der Waals surface area contributed by atoms with Crippen molar-refractivity contribution in [2.24, 2.45) is 5.92 Å². The molecule has 1 saturated heterocycles. The molecule has 1 aliphatic carbocycles. The van der Waals surface area contributed by atoms with Crippen molar-refractivity contribution < 1.29 is 9.53 Å². The lowest BCUT2D eigenvalue weighted by atomic mass is 9.89. The molecular weight excluding hydrogens is 480 g/mol. The zero-order chi connectivity index (χ0) is 23.9. The number of carbonyl (C=O) groups excluding carboxylic acids is 1. The van der Waals surface area contributed by atoms with Gasteiger partial charge in [-0.15, -0.1) is 21.5 Å². The van der Waals surface area contributed by atoms with Crippen molar-refractivity contribution in [3.63, 3.8) is 0 Å². The Morgan fingerprint density at radius 2 is 1.97 bits per heavy atom. The van der Waals surface area contributed by atoms with Gasteiger partial charge in [0.05, 0.1) is 18.2 Å². The summed E-state index contributed by atoms with van der Waals surface area (Å²) in [5.41, 5.74) is 3.42. The number of piperazine rings is 1. The number of anilines is 1. The van der Waals surface area contributed by atoms with Crippen LogP contribution in [0.1, 0.15) is 23.8 Å². The predicted octanol–water partition coefficient (Wildman–Crippen LogP) is 3.91. The Kier molecular flexibility index (Phi) is 6.01. The van der Waals surface area contributed by atoms with Crippen molar-refractivity contribution in [2.45, 2.75) is 31.3 Å². The summed E-state index contributed by atoms with van der Waals surface area (Å²) in [5, 5.41) is 10.8. The van der Waals surface area contributed by atoms with Crippen LogP contribution in [0.2, 0.25) is 0 Å². The van der Waals surface area contributed by atoms with Crippen LogP contribution < -0.4 is 9.64 Å². The van der Waals surface area contributed by atoms with E-state index in [9.17, 15) is 4.79 Å². The largest absolute Gasteiger partial charge is 0.497 e. The Labute approximate surface area is 212 Å². The number of thiophene rings is 1. The molecule has 1 aromatic carbocycles. The maximum atomic E-state index is 12.9. The molecule has 0 spiro atoms. The highest BCUT2D eigenvalue weighted by Crippen LogP contribution is 2.39. The van der Waals surface area contributed by atoms with E-state index < -0.39 is 0 Å². The van der Waals surface area contributed by atoms with Crippen LogP contribution in [0.15, 0.2) is 35.7 Å². The Morgan fingerprint density at radius 3 is 2.74 bits per heavy atom. The highest BCUT2D eigenvalue weighted by atomic mass is 32.2. The first kappa shape index (κ1) is 22.6. The number of aromatic nitrogens is 4. The number of benzene rings is 1. The van der Waals surface area contributed by atoms with Gasteiger partial charge in [-0.1, -0.05) is 18.7 Å². The molecule has 2 aliphatic rings. The number of methoxy groups -OCH3 is 1. The van der Waals surface area contributed by atoms with Crippen LogP contribution in [-0.2, 0) is 17.6 Å². The molecule has 0 saturated carbocycles. The number of aryl methyl sites for hydroxylation is 1. The highest BCUT2D eigenvalue weighted by molar-refractivity contribution is 7.99. The first-order chi connectivity index (χ1) is 17.1. The molecule has 35 heavy (non-hydrogen) atoms. The van der Waals surface area contributed by atoms with Gasteiger partial charge in [-0.3, -0.25) is 9.20 Å². The average Bonchev–Trinajstić information content (AvgIpc) is 3.47. The van der Waals surface area contributed by atoms with Gasteiger partial charge >= 0.3 is 0 Å². The van der Waals surface area contributed by atoms with Crippen LogP contribution >= 0.6 is 23.1 Å². The van der Waals surface area contributed by atoms with E-state index in [1.807, 2.05) is 27.8 Å². The number of carbonyl (C=O) groups is 1. The number of hydrogen-bond acceptors (Lipinski definition) is 8. The minimum atomic E-state index is 0.136. The van der Waals surface area contributed by atoms with E-state index >= 15 is 0 Å². The Morgan fingerprint density at radius 1 is 1.17 bits per heavy atom. The van der Waals surface area contributed by atoms with E-state index in [2.05, 4.69) is 34.2 Å². The highest BCUT2D eigenvalue weighted by Gasteiger charge is 2.25. The zero-order valence-corrected chi connectivity index (χ0v) is 21.6. The first-order valence-electron chi connectivity index (χ1n) is 12.0. The van der Waals surface area contributed by atoms with Gasteiger partial charge in [0, 0.05) is 36.7 Å². The summed E-state index contributed by atoms with van der Waals surface area (Å²) in [6.07, 6.45) is 5.21. The maximum Gasteiger partial charge on any atom is 0.233 e. The summed E-state index contributed by atoms with van der Waals surface area (Å²) in [6, 6.07) is 8.08. The van der Waals surface area contributed by atoms with Crippen molar-refractivity contribution >= 4 is 50.6 Å². The molecule has 182 valence electrons. The lowest BCUT2D eigenvalue weighted by molar-refractivity contribution is -0.128. The fourth-order valence-electron chi connectivity index (χ4n) is 5.04. The number of thioether (sulfide) groups is 1. The third-order valence-electron chi connectivity index (χ3n) is 7.07. The molecule has 1 amide bonds. The molecule has 1 atom stereocenters. The fraction of sp³-hybridized carbons (Fsp3) is 0.440. The van der Waals surface area contributed by atoms with Crippen molar-refractivity contribution in [1.82, 2.24) is 24.5 Å². The van der Waals surface area contributed by atoms with Gasteiger partial charge in [0.2, 0.25) is 5.91 Å². The molecule has 0 bridgehead atoms. The monoisotopic (exact) mass is 508 g/mol. The third-order valence-corrected chi connectivity index (χ3v) is 9.16. The summed E-state index contributed by atoms with van der Waals surface area (Å²) >= 11 is 3.24. The van der Waals surface area contributed by atoms with Crippen molar-refractivity contribution in [3.05, 3.63) is 41.0 Å². The van der Waals surface area contributed by atoms with Gasteiger partial charge < -0.3 is 14.5 Å². The summed E-state index contributed by atoms with van der Waals surface area (Å²) < 4.78 is 7.20. The van der Waals surface area contributed by atoms with Crippen LogP contribution in [-0.4, -0.2) is 69.4 Å². The summed E-state index contributed by atoms with van der Waals surface area (Å²) in [4.78, 5) is 24.4. The molecule has 4 aromatic rings. The normalized spacial score (nSPS) is 18.3. The van der Waals surface area contributed by atoms with Crippen molar-refractivity contribution in [1.29, 1.82) is 0 Å². The number of amides is 1. The van der Waals surface area contributed by atoms with Crippen LogP contribution in [0, 0.1) is 5.92 Å². The second-order valence-corrected chi connectivity index (χ2v) is 11.3. The van der Waals surface area contributed by atoms with Crippen LogP contribution in [0.5, 0.6) is 5.75 Å². The minimum Gasteiger partial charge on any atom is -0.497 e. The first-order valence-corrected chi connectivity index (χ1v) is 13.8. The smallest absolute Gasteiger partial charge is 0.233 e. The molecule has 1 fully saturated rings. The Balaban J connectivity index is 1.11. The maximum absolute atomic E-state index is 12.9. The number of fused-ring (bicyclic) bond motifs is 5. The van der Waals surface area contributed by atoms with Crippen molar-refractivity contribution in [2.75, 3.05) is 43.9 Å².